The van der Waals surface area contributed by atoms with Crippen molar-refractivity contribution in [2.24, 2.45) is 0 Å². The molecule has 112 valence electrons. The van der Waals surface area contributed by atoms with Crippen molar-refractivity contribution in [3.8, 4) is 0 Å². The van der Waals surface area contributed by atoms with E-state index >= 15 is 0 Å². The van der Waals surface area contributed by atoms with Crippen LogP contribution in [-0.4, -0.2) is 30.6 Å². The van der Waals surface area contributed by atoms with Crippen LogP contribution in [-0.2, 0) is 10.0 Å². The zero-order valence-electron chi connectivity index (χ0n) is 10.9. The van der Waals surface area contributed by atoms with Crippen LogP contribution in [0.2, 0.25) is 0 Å². The van der Waals surface area contributed by atoms with Crippen molar-refractivity contribution in [3.05, 3.63) is 29.8 Å². The number of alkyl halides is 1. The first-order valence-electron chi connectivity index (χ1n) is 6.49. The third-order valence-electron chi connectivity index (χ3n) is 3.50. The second-order valence-electron chi connectivity index (χ2n) is 4.82. The first-order valence-corrected chi connectivity index (χ1v) is 9.06. The molecule has 3 nitrogen and oxygen atoms in total. The van der Waals surface area contributed by atoms with E-state index in [0.29, 0.717) is 18.3 Å². The number of halogens is 3. The molecule has 0 N–H and O–H groups in total. The van der Waals surface area contributed by atoms with Gasteiger partial charge in [-0.15, -0.1) is 0 Å². The maximum absolute atomic E-state index is 13.8. The van der Waals surface area contributed by atoms with Gasteiger partial charge in [-0.1, -0.05) is 22.4 Å². The summed E-state index contributed by atoms with van der Waals surface area (Å²) < 4.78 is 53.4. The number of hydrogen-bond donors (Lipinski definition) is 0. The van der Waals surface area contributed by atoms with Crippen molar-refractivity contribution in [3.63, 3.8) is 0 Å². The van der Waals surface area contributed by atoms with Gasteiger partial charge in [0.05, 0.1) is 0 Å². The number of nitrogens with zero attached hydrogens (tertiary/aromatic N) is 1. The molecule has 0 saturated carbocycles. The van der Waals surface area contributed by atoms with Gasteiger partial charge in [-0.05, 0) is 37.5 Å². The highest BCUT2D eigenvalue weighted by Gasteiger charge is 2.34. The zero-order chi connectivity index (χ0) is 14.8. The van der Waals surface area contributed by atoms with Crippen molar-refractivity contribution in [1.82, 2.24) is 4.31 Å². The smallest absolute Gasteiger partial charge is 0.207 e. The van der Waals surface area contributed by atoms with E-state index in [1.54, 1.807) is 0 Å². The van der Waals surface area contributed by atoms with Crippen LogP contribution in [0.1, 0.15) is 25.7 Å². The molecule has 2 rings (SSSR count). The molecule has 1 heterocycles. The Morgan fingerprint density at radius 1 is 1.30 bits per heavy atom. The Balaban J connectivity index is 2.39. The minimum atomic E-state index is -3.99. The molecule has 1 fully saturated rings. The normalized spacial score (nSPS) is 21.1. The molecule has 1 atom stereocenters. The average Bonchev–Trinajstić information content (AvgIpc) is 2.42. The minimum absolute atomic E-state index is 0.157. The SMILES string of the molecule is O=S(=O)(c1cc(F)ccc1F)N1CCCCC1CCBr. The lowest BCUT2D eigenvalue weighted by molar-refractivity contribution is 0.247. The van der Waals surface area contributed by atoms with Crippen LogP contribution in [0.5, 0.6) is 0 Å². The van der Waals surface area contributed by atoms with E-state index in [-0.39, 0.29) is 6.04 Å². The zero-order valence-corrected chi connectivity index (χ0v) is 13.3. The van der Waals surface area contributed by atoms with E-state index < -0.39 is 26.6 Å². The Kier molecular flexibility index (Phi) is 5.14. The Bertz CT molecular complexity index is 578. The molecule has 0 aliphatic carbocycles. The van der Waals surface area contributed by atoms with E-state index in [1.807, 2.05) is 0 Å². The fourth-order valence-corrected chi connectivity index (χ4v) is 4.84. The van der Waals surface area contributed by atoms with Gasteiger partial charge in [-0.2, -0.15) is 4.31 Å². The first-order chi connectivity index (χ1) is 9.46. The summed E-state index contributed by atoms with van der Waals surface area (Å²) in [5, 5.41) is 0.676. The second-order valence-corrected chi connectivity index (χ2v) is 7.47. The molecule has 7 heteroatoms. The van der Waals surface area contributed by atoms with Crippen molar-refractivity contribution < 1.29 is 17.2 Å². The summed E-state index contributed by atoms with van der Waals surface area (Å²) in [7, 11) is -3.99. The molecule has 1 aromatic rings. The molecule has 0 amide bonds. The summed E-state index contributed by atoms with van der Waals surface area (Å²) in [6.07, 6.45) is 3.11. The molecule has 1 saturated heterocycles. The molecule has 1 aromatic carbocycles. The van der Waals surface area contributed by atoms with Gasteiger partial charge in [0, 0.05) is 17.9 Å². The van der Waals surface area contributed by atoms with Crippen LogP contribution < -0.4 is 0 Å². The molecule has 1 unspecified atom stereocenters. The number of hydrogen-bond acceptors (Lipinski definition) is 2. The summed E-state index contributed by atoms with van der Waals surface area (Å²) in [5.41, 5.74) is 0. The van der Waals surface area contributed by atoms with Crippen LogP contribution in [0.25, 0.3) is 0 Å². The largest absolute Gasteiger partial charge is 0.246 e. The predicted octanol–water partition coefficient (Wildman–Crippen LogP) is 3.29. The van der Waals surface area contributed by atoms with Crippen LogP contribution in [0.15, 0.2) is 23.1 Å². The van der Waals surface area contributed by atoms with Crippen LogP contribution in [0.4, 0.5) is 8.78 Å². The molecule has 1 aliphatic heterocycles. The summed E-state index contributed by atoms with van der Waals surface area (Å²) in [6.45, 7) is 0.357. The van der Waals surface area contributed by atoms with Gasteiger partial charge in [-0.3, -0.25) is 0 Å². The molecule has 0 bridgehead atoms. The third kappa shape index (κ3) is 3.20. The summed E-state index contributed by atoms with van der Waals surface area (Å²) >= 11 is 3.31. The van der Waals surface area contributed by atoms with Crippen LogP contribution in [0, 0.1) is 11.6 Å². The molecule has 1 aliphatic rings. The Hall–Kier alpha value is -0.530. The quantitative estimate of drug-likeness (QED) is 0.765. The maximum Gasteiger partial charge on any atom is 0.246 e. The Labute approximate surface area is 126 Å². The van der Waals surface area contributed by atoms with E-state index in [0.717, 1.165) is 37.5 Å². The van der Waals surface area contributed by atoms with Gasteiger partial charge in [0.2, 0.25) is 10.0 Å². The summed E-state index contributed by atoms with van der Waals surface area (Å²) in [6, 6.07) is 2.37. The number of rotatable bonds is 4. The van der Waals surface area contributed by atoms with Gasteiger partial charge in [0.1, 0.15) is 16.5 Å². The van der Waals surface area contributed by atoms with Gasteiger partial charge in [0.15, 0.2) is 0 Å². The van der Waals surface area contributed by atoms with E-state index in [4.69, 9.17) is 0 Å². The highest BCUT2D eigenvalue weighted by atomic mass is 79.9. The summed E-state index contributed by atoms with van der Waals surface area (Å²) in [5.74, 6) is -1.66. The standard InChI is InChI=1S/C13H16BrF2NO2S/c14-7-6-11-3-1-2-8-17(11)20(18,19)13-9-10(15)4-5-12(13)16/h4-5,9,11H,1-3,6-8H2. The number of sulfonamides is 1. The molecular weight excluding hydrogens is 352 g/mol. The Morgan fingerprint density at radius 3 is 2.75 bits per heavy atom. The fourth-order valence-electron chi connectivity index (χ4n) is 2.51. The van der Waals surface area contributed by atoms with Crippen molar-refractivity contribution in [1.29, 1.82) is 0 Å². The molecule has 0 spiro atoms. The fraction of sp³-hybridized carbons (Fsp3) is 0.538. The van der Waals surface area contributed by atoms with E-state index in [2.05, 4.69) is 15.9 Å². The average molecular weight is 368 g/mol. The number of piperidine rings is 1. The lowest BCUT2D eigenvalue weighted by Gasteiger charge is -2.34. The lowest BCUT2D eigenvalue weighted by Crippen LogP contribution is -2.44. The maximum atomic E-state index is 13.8. The highest BCUT2D eigenvalue weighted by Crippen LogP contribution is 2.29. The van der Waals surface area contributed by atoms with Gasteiger partial charge in [0.25, 0.3) is 0 Å². The van der Waals surface area contributed by atoms with Crippen LogP contribution >= 0.6 is 15.9 Å². The van der Waals surface area contributed by atoms with Gasteiger partial charge < -0.3 is 0 Å². The summed E-state index contributed by atoms with van der Waals surface area (Å²) in [4.78, 5) is -0.570. The van der Waals surface area contributed by atoms with E-state index in [1.165, 1.54) is 4.31 Å². The van der Waals surface area contributed by atoms with Gasteiger partial charge in [-0.25, -0.2) is 17.2 Å². The molecule has 0 radical (unpaired) electrons. The molecule has 0 aromatic heterocycles. The van der Waals surface area contributed by atoms with Gasteiger partial charge >= 0.3 is 0 Å². The molecular formula is C13H16BrF2NO2S. The van der Waals surface area contributed by atoms with Crippen LogP contribution in [0.3, 0.4) is 0 Å². The monoisotopic (exact) mass is 367 g/mol. The Morgan fingerprint density at radius 2 is 2.05 bits per heavy atom. The topological polar surface area (TPSA) is 37.4 Å². The van der Waals surface area contributed by atoms with Crippen molar-refractivity contribution in [2.45, 2.75) is 36.6 Å². The lowest BCUT2D eigenvalue weighted by atomic mass is 10.0. The first kappa shape index (κ1) is 15.9. The highest BCUT2D eigenvalue weighted by molar-refractivity contribution is 9.09. The third-order valence-corrected chi connectivity index (χ3v) is 5.92. The predicted molar refractivity (Wildman–Crippen MR) is 76.3 cm³/mol. The van der Waals surface area contributed by atoms with E-state index in [9.17, 15) is 17.2 Å². The number of benzene rings is 1. The van der Waals surface area contributed by atoms with Crippen molar-refractivity contribution in [2.75, 3.05) is 11.9 Å². The molecule has 20 heavy (non-hydrogen) atoms. The van der Waals surface area contributed by atoms with Crippen molar-refractivity contribution >= 4 is 26.0 Å². The second kappa shape index (κ2) is 6.49. The minimum Gasteiger partial charge on any atom is -0.207 e.